The van der Waals surface area contributed by atoms with Crippen molar-refractivity contribution in [3.05, 3.63) is 46.3 Å². The lowest BCUT2D eigenvalue weighted by molar-refractivity contribution is -0.138. The molecule has 1 heterocycles. The highest BCUT2D eigenvalue weighted by molar-refractivity contribution is 6.04. The largest absolute Gasteiger partial charge is 0.497 e. The maximum absolute atomic E-state index is 13.4. The van der Waals surface area contributed by atoms with Crippen molar-refractivity contribution in [2.45, 2.75) is 52.9 Å². The predicted octanol–water partition coefficient (Wildman–Crippen LogP) is 4.26. The molecule has 0 fully saturated rings. The number of nitrogens with one attached hydrogen (secondary N) is 1. The van der Waals surface area contributed by atoms with Gasteiger partial charge in [-0.25, -0.2) is 4.79 Å². The molecular formula is C24H31NO5. The number of esters is 1. The number of dihydropyridines is 1. The van der Waals surface area contributed by atoms with E-state index in [1.807, 2.05) is 19.1 Å². The standard InChI is InChI=1S/C24H31NO5/c1-7-16-22(23(27)30-8-2)20(15-11-14(28-5)9-10-19(15)29-6)21-17(25-16)12-24(3,4)13-18(21)26/h9-11,20,25H,7-8,12-13H2,1-6H3. The lowest BCUT2D eigenvalue weighted by atomic mass is 9.68. The summed E-state index contributed by atoms with van der Waals surface area (Å²) in [6, 6.07) is 5.46. The van der Waals surface area contributed by atoms with E-state index in [-0.39, 0.29) is 17.8 Å². The lowest BCUT2D eigenvalue weighted by Gasteiger charge is -2.40. The highest BCUT2D eigenvalue weighted by Gasteiger charge is 2.44. The topological polar surface area (TPSA) is 73.9 Å². The molecule has 1 N–H and O–H groups in total. The first-order chi connectivity index (χ1) is 14.3. The first-order valence-corrected chi connectivity index (χ1v) is 10.4. The third-order valence-electron chi connectivity index (χ3n) is 5.72. The normalized spacial score (nSPS) is 20.5. The second kappa shape index (κ2) is 8.54. The number of hydrogen-bond donors (Lipinski definition) is 1. The molecule has 0 bridgehead atoms. The Morgan fingerprint density at radius 2 is 1.90 bits per heavy atom. The number of allylic oxidation sites excluding steroid dienone is 3. The molecule has 1 atom stereocenters. The van der Waals surface area contributed by atoms with Crippen molar-refractivity contribution >= 4 is 11.8 Å². The van der Waals surface area contributed by atoms with Crippen molar-refractivity contribution < 1.29 is 23.8 Å². The molecule has 30 heavy (non-hydrogen) atoms. The Labute approximate surface area is 178 Å². The van der Waals surface area contributed by atoms with Crippen LogP contribution in [0.2, 0.25) is 0 Å². The highest BCUT2D eigenvalue weighted by atomic mass is 16.5. The molecule has 2 aliphatic rings. The fourth-order valence-corrected chi connectivity index (χ4v) is 4.45. The zero-order valence-corrected chi connectivity index (χ0v) is 18.7. The SMILES string of the molecule is CCOC(=O)C1=C(CC)NC2=C(C(=O)CC(C)(C)C2)C1c1cc(OC)ccc1OC. The van der Waals surface area contributed by atoms with Crippen LogP contribution in [0.1, 0.15) is 58.4 Å². The number of benzene rings is 1. The summed E-state index contributed by atoms with van der Waals surface area (Å²) < 4.78 is 16.5. The van der Waals surface area contributed by atoms with Crippen LogP contribution >= 0.6 is 0 Å². The second-order valence-electron chi connectivity index (χ2n) is 8.47. The zero-order valence-electron chi connectivity index (χ0n) is 18.7. The van der Waals surface area contributed by atoms with Crippen molar-refractivity contribution in [1.82, 2.24) is 5.32 Å². The molecule has 1 aliphatic heterocycles. The first kappa shape index (κ1) is 21.9. The molecule has 6 heteroatoms. The molecule has 0 spiro atoms. The van der Waals surface area contributed by atoms with Crippen LogP contribution in [0.15, 0.2) is 40.7 Å². The van der Waals surface area contributed by atoms with Gasteiger partial charge in [0, 0.05) is 29.0 Å². The van der Waals surface area contributed by atoms with E-state index in [2.05, 4.69) is 19.2 Å². The minimum Gasteiger partial charge on any atom is -0.497 e. The molecule has 1 aromatic carbocycles. The predicted molar refractivity (Wildman–Crippen MR) is 114 cm³/mol. The van der Waals surface area contributed by atoms with Crippen molar-refractivity contribution in [3.8, 4) is 11.5 Å². The van der Waals surface area contributed by atoms with Gasteiger partial charge in [-0.15, -0.1) is 0 Å². The second-order valence-corrected chi connectivity index (χ2v) is 8.47. The molecule has 1 aromatic rings. The molecule has 0 saturated heterocycles. The number of Topliss-reactive ketones (excluding diaryl/α,β-unsaturated/α-hetero) is 1. The number of carbonyl (C=O) groups is 2. The fraction of sp³-hybridized carbons (Fsp3) is 0.500. The van der Waals surface area contributed by atoms with Gasteiger partial charge in [-0.2, -0.15) is 0 Å². The fourth-order valence-electron chi connectivity index (χ4n) is 4.45. The Hall–Kier alpha value is -2.76. The van der Waals surface area contributed by atoms with Crippen molar-refractivity contribution in [2.24, 2.45) is 5.41 Å². The third-order valence-corrected chi connectivity index (χ3v) is 5.72. The molecule has 1 unspecified atom stereocenters. The van der Waals surface area contributed by atoms with Gasteiger partial charge in [-0.05, 0) is 43.4 Å². The Kier molecular flexibility index (Phi) is 6.25. The summed E-state index contributed by atoms with van der Waals surface area (Å²) in [6.07, 6.45) is 1.77. The van der Waals surface area contributed by atoms with Crippen LogP contribution in [-0.2, 0) is 14.3 Å². The van der Waals surface area contributed by atoms with Crippen LogP contribution in [-0.4, -0.2) is 32.6 Å². The van der Waals surface area contributed by atoms with Gasteiger partial charge in [0.25, 0.3) is 0 Å². The van der Waals surface area contributed by atoms with Crippen molar-refractivity contribution in [3.63, 3.8) is 0 Å². The van der Waals surface area contributed by atoms with Gasteiger partial charge in [-0.1, -0.05) is 20.8 Å². The monoisotopic (exact) mass is 413 g/mol. The van der Waals surface area contributed by atoms with Crippen LogP contribution in [0, 0.1) is 5.41 Å². The molecular weight excluding hydrogens is 382 g/mol. The Morgan fingerprint density at radius 3 is 2.50 bits per heavy atom. The van der Waals surface area contributed by atoms with Gasteiger partial charge in [0.05, 0.1) is 32.3 Å². The van der Waals surface area contributed by atoms with Gasteiger partial charge in [0.15, 0.2) is 5.78 Å². The van der Waals surface area contributed by atoms with E-state index in [4.69, 9.17) is 14.2 Å². The number of carbonyl (C=O) groups excluding carboxylic acids is 2. The van der Waals surface area contributed by atoms with E-state index in [9.17, 15) is 9.59 Å². The quantitative estimate of drug-likeness (QED) is 0.703. The maximum Gasteiger partial charge on any atom is 0.336 e. The molecule has 0 aromatic heterocycles. The third kappa shape index (κ3) is 3.95. The number of methoxy groups -OCH3 is 2. The maximum atomic E-state index is 13.4. The van der Waals surface area contributed by atoms with Gasteiger partial charge in [0.2, 0.25) is 0 Å². The van der Waals surface area contributed by atoms with Gasteiger partial charge in [-0.3, -0.25) is 4.79 Å². The summed E-state index contributed by atoms with van der Waals surface area (Å²) in [7, 11) is 3.18. The molecule has 6 nitrogen and oxygen atoms in total. The number of ketones is 1. The van der Waals surface area contributed by atoms with Gasteiger partial charge >= 0.3 is 5.97 Å². The van der Waals surface area contributed by atoms with Crippen LogP contribution in [0.3, 0.4) is 0 Å². The van der Waals surface area contributed by atoms with Crippen molar-refractivity contribution in [2.75, 3.05) is 20.8 Å². The zero-order chi connectivity index (χ0) is 22.1. The molecule has 162 valence electrons. The molecule has 0 saturated carbocycles. The molecule has 1 aliphatic carbocycles. The summed E-state index contributed by atoms with van der Waals surface area (Å²) in [5.41, 5.74) is 3.35. The van der Waals surface area contributed by atoms with E-state index >= 15 is 0 Å². The van der Waals surface area contributed by atoms with Crippen LogP contribution in [0.4, 0.5) is 0 Å². The molecule has 3 rings (SSSR count). The van der Waals surface area contributed by atoms with E-state index < -0.39 is 11.9 Å². The highest BCUT2D eigenvalue weighted by Crippen LogP contribution is 2.49. The van der Waals surface area contributed by atoms with Gasteiger partial charge in [0.1, 0.15) is 11.5 Å². The smallest absolute Gasteiger partial charge is 0.336 e. The lowest BCUT2D eigenvalue weighted by Crippen LogP contribution is -2.39. The minimum absolute atomic E-state index is 0.0422. The summed E-state index contributed by atoms with van der Waals surface area (Å²) in [4.78, 5) is 26.4. The minimum atomic E-state index is -0.566. The van der Waals surface area contributed by atoms with E-state index in [1.54, 1.807) is 27.2 Å². The molecule has 0 amide bonds. The Morgan fingerprint density at radius 1 is 1.17 bits per heavy atom. The summed E-state index contributed by atoms with van der Waals surface area (Å²) in [5.74, 6) is 0.297. The Bertz CT molecular complexity index is 926. The average molecular weight is 414 g/mol. The Balaban J connectivity index is 2.30. The number of hydrogen-bond acceptors (Lipinski definition) is 6. The van der Waals surface area contributed by atoms with Crippen LogP contribution < -0.4 is 14.8 Å². The number of rotatable bonds is 6. The first-order valence-electron chi connectivity index (χ1n) is 10.4. The number of ether oxygens (including phenoxy) is 3. The summed E-state index contributed by atoms with van der Waals surface area (Å²) in [6.45, 7) is 8.21. The van der Waals surface area contributed by atoms with Crippen molar-refractivity contribution in [1.29, 1.82) is 0 Å². The van der Waals surface area contributed by atoms with E-state index in [1.165, 1.54) is 0 Å². The molecule has 0 radical (unpaired) electrons. The summed E-state index contributed by atoms with van der Waals surface area (Å²) >= 11 is 0. The van der Waals surface area contributed by atoms with Gasteiger partial charge < -0.3 is 19.5 Å². The van der Waals surface area contributed by atoms with Crippen LogP contribution in [0.5, 0.6) is 11.5 Å². The van der Waals surface area contributed by atoms with Crippen LogP contribution in [0.25, 0.3) is 0 Å². The average Bonchev–Trinajstić information content (AvgIpc) is 2.70. The van der Waals surface area contributed by atoms with E-state index in [0.29, 0.717) is 35.5 Å². The van der Waals surface area contributed by atoms with E-state index in [0.717, 1.165) is 23.4 Å². The summed E-state index contributed by atoms with van der Waals surface area (Å²) in [5, 5.41) is 3.41.